The van der Waals surface area contributed by atoms with Crippen LogP contribution < -0.4 is 0 Å². The quantitative estimate of drug-likeness (QED) is 0.694. The zero-order valence-corrected chi connectivity index (χ0v) is 8.93. The Hall–Kier alpha value is 0.313. The Kier molecular flexibility index (Phi) is 5.59. The Bertz CT molecular complexity index is 100. The van der Waals surface area contributed by atoms with Crippen molar-refractivity contribution >= 4 is 32.2 Å². The molecule has 53 valence electrons. The maximum absolute atomic E-state index is 10.0. The van der Waals surface area contributed by atoms with Crippen molar-refractivity contribution in [3.63, 3.8) is 0 Å². The van der Waals surface area contributed by atoms with Gasteiger partial charge in [0.05, 0.1) is 0 Å². The minimum Gasteiger partial charge on any atom is -0.479 e. The van der Waals surface area contributed by atoms with Gasteiger partial charge >= 0.3 is 5.97 Å². The standard InChI is InChI=1S/C5H10O3.Bi/c1-3-5(2,8)4(6)7;/h8H,3H2,1-2H3,(H,6,7);. The van der Waals surface area contributed by atoms with E-state index in [1.165, 1.54) is 6.92 Å². The summed E-state index contributed by atoms with van der Waals surface area (Å²) < 4.78 is 0. The molecule has 0 bridgehead atoms. The summed E-state index contributed by atoms with van der Waals surface area (Å²) in [6, 6.07) is 0. The van der Waals surface area contributed by atoms with Gasteiger partial charge in [-0.2, -0.15) is 0 Å². The van der Waals surface area contributed by atoms with Crippen LogP contribution in [0.25, 0.3) is 0 Å². The van der Waals surface area contributed by atoms with Crippen LogP contribution in [0, 0.1) is 0 Å². The number of aliphatic hydroxyl groups is 1. The van der Waals surface area contributed by atoms with E-state index in [9.17, 15) is 4.79 Å². The van der Waals surface area contributed by atoms with Crippen LogP contribution in [0.5, 0.6) is 0 Å². The van der Waals surface area contributed by atoms with Gasteiger partial charge in [0.25, 0.3) is 0 Å². The van der Waals surface area contributed by atoms with Crippen LogP contribution in [-0.4, -0.2) is 48.0 Å². The van der Waals surface area contributed by atoms with Crippen LogP contribution in [-0.2, 0) is 4.79 Å². The van der Waals surface area contributed by atoms with Crippen molar-refractivity contribution in [1.82, 2.24) is 0 Å². The predicted octanol–water partition coefficient (Wildman–Crippen LogP) is -0.149. The van der Waals surface area contributed by atoms with E-state index < -0.39 is 11.6 Å². The van der Waals surface area contributed by atoms with Gasteiger partial charge in [-0.25, -0.2) is 4.79 Å². The van der Waals surface area contributed by atoms with E-state index in [0.29, 0.717) is 0 Å². The summed E-state index contributed by atoms with van der Waals surface area (Å²) in [5.41, 5.74) is -1.54. The number of carbonyl (C=O) groups is 1. The van der Waals surface area contributed by atoms with Gasteiger partial charge in [0.1, 0.15) is 0 Å². The molecular formula is C5H10BiO3. The molecule has 0 aliphatic rings. The van der Waals surface area contributed by atoms with Crippen LogP contribution in [0.4, 0.5) is 0 Å². The van der Waals surface area contributed by atoms with Gasteiger partial charge in [-0.05, 0) is 13.3 Å². The first-order valence-corrected chi connectivity index (χ1v) is 2.46. The molecule has 0 rings (SSSR count). The van der Waals surface area contributed by atoms with E-state index >= 15 is 0 Å². The molecule has 0 amide bonds. The summed E-state index contributed by atoms with van der Waals surface area (Å²) in [6.07, 6.45) is 0.238. The van der Waals surface area contributed by atoms with E-state index in [-0.39, 0.29) is 32.6 Å². The van der Waals surface area contributed by atoms with Crippen molar-refractivity contribution in [2.45, 2.75) is 25.9 Å². The first-order chi connectivity index (χ1) is 3.50. The molecule has 0 aromatic rings. The molecule has 4 heteroatoms. The molecule has 0 saturated heterocycles. The zero-order chi connectivity index (χ0) is 6.78. The van der Waals surface area contributed by atoms with Crippen molar-refractivity contribution in [3.05, 3.63) is 0 Å². The SMILES string of the molecule is CCC(C)(O)C(=O)O.[Bi]. The number of carboxylic acids is 1. The van der Waals surface area contributed by atoms with Gasteiger partial charge in [-0.15, -0.1) is 0 Å². The smallest absolute Gasteiger partial charge is 0.335 e. The number of carboxylic acid groups (broad SMARTS) is 1. The Morgan fingerprint density at radius 1 is 1.67 bits per heavy atom. The van der Waals surface area contributed by atoms with Gasteiger partial charge in [-0.1, -0.05) is 6.92 Å². The molecule has 0 aromatic heterocycles. The van der Waals surface area contributed by atoms with Crippen LogP contribution >= 0.6 is 0 Å². The number of aliphatic carboxylic acids is 1. The Labute approximate surface area is 73.2 Å². The predicted molar refractivity (Wildman–Crippen MR) is 34.3 cm³/mol. The van der Waals surface area contributed by atoms with Crippen molar-refractivity contribution < 1.29 is 15.0 Å². The maximum Gasteiger partial charge on any atom is 0.335 e. The van der Waals surface area contributed by atoms with Crippen molar-refractivity contribution in [2.75, 3.05) is 0 Å². The minimum absolute atomic E-state index is 0. The molecule has 9 heavy (non-hydrogen) atoms. The van der Waals surface area contributed by atoms with Gasteiger partial charge in [0.15, 0.2) is 5.60 Å². The molecule has 1 atom stereocenters. The fourth-order valence-corrected chi connectivity index (χ4v) is 0.151. The van der Waals surface area contributed by atoms with Gasteiger partial charge < -0.3 is 10.2 Å². The summed E-state index contributed by atoms with van der Waals surface area (Å²) in [5.74, 6) is -1.17. The van der Waals surface area contributed by atoms with Gasteiger partial charge in [0.2, 0.25) is 0 Å². The second kappa shape index (κ2) is 4.18. The molecule has 0 saturated carbocycles. The fourth-order valence-electron chi connectivity index (χ4n) is 0.151. The maximum atomic E-state index is 10.0. The van der Waals surface area contributed by atoms with E-state index in [0.717, 1.165) is 0 Å². The summed E-state index contributed by atoms with van der Waals surface area (Å²) in [6.45, 7) is 2.89. The third-order valence-electron chi connectivity index (χ3n) is 1.15. The Morgan fingerprint density at radius 2 is 2.00 bits per heavy atom. The second-order valence-electron chi connectivity index (χ2n) is 1.93. The normalized spacial score (nSPS) is 15.4. The molecular weight excluding hydrogens is 317 g/mol. The summed E-state index contributed by atoms with van der Waals surface area (Å²) in [4.78, 5) is 10.0. The van der Waals surface area contributed by atoms with Crippen LogP contribution in [0.15, 0.2) is 0 Å². The molecule has 3 nitrogen and oxygen atoms in total. The molecule has 0 spiro atoms. The van der Waals surface area contributed by atoms with Crippen LogP contribution in [0.2, 0.25) is 0 Å². The molecule has 0 aromatic carbocycles. The molecule has 1 unspecified atom stereocenters. The first kappa shape index (κ1) is 12.0. The fraction of sp³-hybridized carbons (Fsp3) is 0.800. The Balaban J connectivity index is 0. The molecule has 0 fully saturated rings. The number of hydrogen-bond acceptors (Lipinski definition) is 2. The average Bonchev–Trinajstić information content (AvgIpc) is 1.67. The van der Waals surface area contributed by atoms with Crippen LogP contribution in [0.3, 0.4) is 0 Å². The number of rotatable bonds is 2. The van der Waals surface area contributed by atoms with E-state index in [1.807, 2.05) is 0 Å². The molecule has 0 aliphatic carbocycles. The molecule has 0 aliphatic heterocycles. The summed E-state index contributed by atoms with van der Waals surface area (Å²) >= 11 is 0. The number of hydrogen-bond donors (Lipinski definition) is 2. The third kappa shape index (κ3) is 3.82. The largest absolute Gasteiger partial charge is 0.479 e. The van der Waals surface area contributed by atoms with Crippen LogP contribution in [0.1, 0.15) is 20.3 Å². The van der Waals surface area contributed by atoms with E-state index in [1.54, 1.807) is 6.92 Å². The summed E-state index contributed by atoms with van der Waals surface area (Å²) in [5, 5.41) is 17.0. The average molecular weight is 327 g/mol. The van der Waals surface area contributed by atoms with E-state index in [2.05, 4.69) is 0 Å². The third-order valence-corrected chi connectivity index (χ3v) is 1.15. The topological polar surface area (TPSA) is 57.5 Å². The van der Waals surface area contributed by atoms with E-state index in [4.69, 9.17) is 10.2 Å². The minimum atomic E-state index is -1.54. The summed E-state index contributed by atoms with van der Waals surface area (Å²) in [7, 11) is 0. The Morgan fingerprint density at radius 3 is 2.00 bits per heavy atom. The van der Waals surface area contributed by atoms with Gasteiger partial charge in [0, 0.05) is 26.2 Å². The molecule has 0 heterocycles. The molecule has 2 N–H and O–H groups in total. The van der Waals surface area contributed by atoms with Crippen molar-refractivity contribution in [2.24, 2.45) is 0 Å². The van der Waals surface area contributed by atoms with Gasteiger partial charge in [-0.3, -0.25) is 0 Å². The molecule has 3 radical (unpaired) electrons. The van der Waals surface area contributed by atoms with Crippen molar-refractivity contribution in [3.8, 4) is 0 Å². The monoisotopic (exact) mass is 327 g/mol. The zero-order valence-electron chi connectivity index (χ0n) is 5.46. The second-order valence-corrected chi connectivity index (χ2v) is 1.93. The van der Waals surface area contributed by atoms with Crippen molar-refractivity contribution in [1.29, 1.82) is 0 Å². The first-order valence-electron chi connectivity index (χ1n) is 2.46.